The van der Waals surface area contributed by atoms with Crippen LogP contribution in [0.1, 0.15) is 33.1 Å². The van der Waals surface area contributed by atoms with Crippen molar-refractivity contribution >= 4 is 19.0 Å². The predicted molar refractivity (Wildman–Crippen MR) is 93.7 cm³/mol. The van der Waals surface area contributed by atoms with Gasteiger partial charge >= 0.3 is 0 Å². The third-order valence-electron chi connectivity index (χ3n) is 5.67. The molecule has 0 spiro atoms. The van der Waals surface area contributed by atoms with Crippen molar-refractivity contribution in [3.05, 3.63) is 0 Å². The molecule has 0 aromatic rings. The molecule has 114 valence electrons. The number of hydrogen-bond acceptors (Lipinski definition) is 1. The molecule has 0 heterocycles. The van der Waals surface area contributed by atoms with Gasteiger partial charge in [0.15, 0.2) is 5.75 Å². The number of aliphatic hydroxyl groups excluding tert-OH is 1. The largest absolute Gasteiger partial charge is 0.392 e. The van der Waals surface area contributed by atoms with Gasteiger partial charge in [-0.3, -0.25) is 0 Å². The van der Waals surface area contributed by atoms with Crippen LogP contribution in [-0.2, 0) is 10.9 Å². The zero-order valence-corrected chi connectivity index (χ0v) is 15.9. The van der Waals surface area contributed by atoms with Crippen LogP contribution < -0.4 is 0 Å². The first-order valence-corrected chi connectivity index (χ1v) is 13.3. The van der Waals surface area contributed by atoms with E-state index in [-0.39, 0.29) is 11.5 Å². The van der Waals surface area contributed by atoms with Crippen LogP contribution in [0.2, 0.25) is 19.6 Å². The van der Waals surface area contributed by atoms with Crippen LogP contribution in [0.5, 0.6) is 0 Å². The van der Waals surface area contributed by atoms with Crippen LogP contribution in [0, 0.1) is 28.2 Å². The number of rotatable bonds is 3. The molecule has 3 heteroatoms. The quantitative estimate of drug-likeness (QED) is 0.482. The first-order valence-electron chi connectivity index (χ1n) is 7.86. The molecule has 1 unspecified atom stereocenters. The molecule has 0 aromatic carbocycles. The van der Waals surface area contributed by atoms with E-state index in [1.807, 2.05) is 0 Å². The predicted octanol–water partition coefficient (Wildman–Crippen LogP) is 3.30. The minimum atomic E-state index is -1.23. The maximum absolute atomic E-state index is 10.6. The minimum absolute atomic E-state index is 0.0730. The molecular weight excluding hydrogens is 280 g/mol. The van der Waals surface area contributed by atoms with Gasteiger partial charge < -0.3 is 5.11 Å². The lowest BCUT2D eigenvalue weighted by Gasteiger charge is -2.38. The monoisotopic (exact) mass is 311 g/mol. The van der Waals surface area contributed by atoms with Crippen molar-refractivity contribution in [3.63, 3.8) is 0 Å². The second-order valence-corrected chi connectivity index (χ2v) is 15.4. The van der Waals surface area contributed by atoms with Crippen LogP contribution in [0.4, 0.5) is 0 Å². The fourth-order valence-corrected chi connectivity index (χ4v) is 7.05. The molecule has 2 fully saturated rings. The van der Waals surface area contributed by atoms with Gasteiger partial charge in [0.2, 0.25) is 0 Å². The first kappa shape index (κ1) is 16.5. The summed E-state index contributed by atoms with van der Waals surface area (Å²) in [5, 5.41) is 10.6. The summed E-state index contributed by atoms with van der Waals surface area (Å²) in [6.45, 7) is 11.7. The maximum atomic E-state index is 10.6. The Labute approximate surface area is 129 Å². The van der Waals surface area contributed by atoms with E-state index in [4.69, 9.17) is 0 Å². The molecule has 0 aliphatic heterocycles. The Hall–Kier alpha value is 0.0869. The maximum Gasteiger partial charge on any atom is 0.167 e. The smallest absolute Gasteiger partial charge is 0.167 e. The van der Waals surface area contributed by atoms with E-state index in [1.54, 1.807) is 0 Å². The molecule has 0 radical (unpaired) electrons. The van der Waals surface area contributed by atoms with Gasteiger partial charge in [0, 0.05) is 5.41 Å². The SMILES string of the molecule is C[S+](CC#C[Si](C)(C)C)C[C@]12CC[C@H](C[C@H]1O)C2(C)C. The third kappa shape index (κ3) is 2.84. The van der Waals surface area contributed by atoms with Crippen molar-refractivity contribution in [1.29, 1.82) is 0 Å². The number of aliphatic hydroxyl groups is 1. The van der Waals surface area contributed by atoms with Crippen LogP contribution in [0.25, 0.3) is 0 Å². The summed E-state index contributed by atoms with van der Waals surface area (Å²) in [6, 6.07) is 0. The highest BCUT2D eigenvalue weighted by Crippen LogP contribution is 2.66. The Morgan fingerprint density at radius 1 is 1.30 bits per heavy atom. The Morgan fingerprint density at radius 3 is 2.40 bits per heavy atom. The van der Waals surface area contributed by atoms with E-state index in [2.05, 4.69) is 51.2 Å². The second-order valence-electron chi connectivity index (χ2n) is 8.49. The molecule has 2 rings (SSSR count). The van der Waals surface area contributed by atoms with Gasteiger partial charge in [-0.15, -0.1) is 5.54 Å². The van der Waals surface area contributed by atoms with Gasteiger partial charge in [-0.1, -0.05) is 39.4 Å². The van der Waals surface area contributed by atoms with E-state index in [9.17, 15) is 5.11 Å². The van der Waals surface area contributed by atoms with Gasteiger partial charge in [0.1, 0.15) is 13.8 Å². The van der Waals surface area contributed by atoms with E-state index in [0.717, 1.165) is 18.1 Å². The molecule has 0 amide bonds. The average Bonchev–Trinajstić information content (AvgIpc) is 2.61. The highest BCUT2D eigenvalue weighted by Gasteiger charge is 2.65. The van der Waals surface area contributed by atoms with Crippen molar-refractivity contribution in [1.82, 2.24) is 0 Å². The molecule has 20 heavy (non-hydrogen) atoms. The zero-order valence-electron chi connectivity index (χ0n) is 14.0. The summed E-state index contributed by atoms with van der Waals surface area (Å²) in [5.74, 6) is 6.38. The van der Waals surface area contributed by atoms with Crippen molar-refractivity contribution in [3.8, 4) is 11.5 Å². The average molecular weight is 312 g/mol. The summed E-state index contributed by atoms with van der Waals surface area (Å²) in [6.07, 6.45) is 5.86. The lowest BCUT2D eigenvalue weighted by atomic mass is 9.70. The molecule has 2 saturated carbocycles. The summed E-state index contributed by atoms with van der Waals surface area (Å²) < 4.78 is 0. The van der Waals surface area contributed by atoms with E-state index in [1.165, 1.54) is 18.6 Å². The summed E-state index contributed by atoms with van der Waals surface area (Å²) in [4.78, 5) is 0. The van der Waals surface area contributed by atoms with E-state index < -0.39 is 8.07 Å². The van der Waals surface area contributed by atoms with Crippen LogP contribution >= 0.6 is 0 Å². The molecule has 0 saturated heterocycles. The molecule has 1 nitrogen and oxygen atoms in total. The van der Waals surface area contributed by atoms with E-state index >= 15 is 0 Å². The second kappa shape index (κ2) is 5.37. The minimum Gasteiger partial charge on any atom is -0.392 e. The molecule has 4 atom stereocenters. The third-order valence-corrected chi connectivity index (χ3v) is 8.25. The van der Waals surface area contributed by atoms with Crippen LogP contribution in [-0.4, -0.2) is 37.0 Å². The van der Waals surface area contributed by atoms with Gasteiger partial charge in [0.25, 0.3) is 0 Å². The Kier molecular flexibility index (Phi) is 4.42. The highest BCUT2D eigenvalue weighted by atomic mass is 32.2. The summed E-state index contributed by atoms with van der Waals surface area (Å²) in [5.41, 5.74) is 3.98. The molecule has 2 bridgehead atoms. The molecule has 2 aliphatic carbocycles. The van der Waals surface area contributed by atoms with Gasteiger partial charge in [0.05, 0.1) is 12.4 Å². The fraction of sp³-hybridized carbons (Fsp3) is 0.882. The fourth-order valence-electron chi connectivity index (χ4n) is 4.29. The Bertz CT molecular complexity index is 428. The lowest BCUT2D eigenvalue weighted by molar-refractivity contribution is 0.0163. The van der Waals surface area contributed by atoms with Crippen molar-refractivity contribution < 1.29 is 5.11 Å². The normalized spacial score (nSPS) is 36.5. The topological polar surface area (TPSA) is 20.2 Å². The zero-order chi connectivity index (χ0) is 15.2. The van der Waals surface area contributed by atoms with Crippen molar-refractivity contribution in [2.75, 3.05) is 17.8 Å². The first-order chi connectivity index (χ1) is 9.08. The molecular formula is C17H31OSSi+. The van der Waals surface area contributed by atoms with Crippen molar-refractivity contribution in [2.24, 2.45) is 16.7 Å². The summed E-state index contributed by atoms with van der Waals surface area (Å²) >= 11 is 0. The van der Waals surface area contributed by atoms with Crippen LogP contribution in [0.15, 0.2) is 0 Å². The lowest BCUT2D eigenvalue weighted by Crippen LogP contribution is -2.44. The Morgan fingerprint density at radius 2 is 1.95 bits per heavy atom. The molecule has 0 aromatic heterocycles. The highest BCUT2D eigenvalue weighted by molar-refractivity contribution is 7.96. The standard InChI is InChI=1S/C17H31OSSi/c1-16(2)14-8-9-17(16,15(18)12-14)13-19(3)10-7-11-20(4,5)6/h14-15,18H,8-10,12-13H2,1-6H3/q+1/t14-,15-,17-,19?/m1/s1. The van der Waals surface area contributed by atoms with Gasteiger partial charge in [-0.25, -0.2) is 0 Å². The van der Waals surface area contributed by atoms with Gasteiger partial charge in [-0.2, -0.15) is 0 Å². The molecule has 2 aliphatic rings. The van der Waals surface area contributed by atoms with Crippen molar-refractivity contribution in [2.45, 2.75) is 58.9 Å². The number of fused-ring (bicyclic) bond motifs is 2. The van der Waals surface area contributed by atoms with Crippen LogP contribution in [0.3, 0.4) is 0 Å². The summed E-state index contributed by atoms with van der Waals surface area (Å²) in [7, 11) is -0.921. The van der Waals surface area contributed by atoms with E-state index in [0.29, 0.717) is 16.3 Å². The van der Waals surface area contributed by atoms with Gasteiger partial charge in [-0.05, 0) is 41.5 Å². The number of hydrogen-bond donors (Lipinski definition) is 1. The Balaban J connectivity index is 2.03. The molecule has 1 N–H and O–H groups in total.